The monoisotopic (exact) mass is 218 g/mol. The van der Waals surface area contributed by atoms with E-state index >= 15 is 0 Å². The molecule has 0 aromatic rings. The van der Waals surface area contributed by atoms with Gasteiger partial charge in [0, 0.05) is 18.8 Å². The number of thioether (sulfide) groups is 1. The number of hydrazone groups is 1. The Morgan fingerprint density at radius 1 is 1.71 bits per heavy atom. The SMILES string of the molecule is CCN1CCOC(CSC(N)=NN)C1. The van der Waals surface area contributed by atoms with Gasteiger partial charge in [-0.1, -0.05) is 18.7 Å². The maximum Gasteiger partial charge on any atom is 0.177 e. The van der Waals surface area contributed by atoms with Crippen LogP contribution in [0.4, 0.5) is 0 Å². The molecule has 1 unspecified atom stereocenters. The van der Waals surface area contributed by atoms with Gasteiger partial charge in [-0.05, 0) is 6.54 Å². The molecule has 1 saturated heterocycles. The molecule has 0 aromatic carbocycles. The van der Waals surface area contributed by atoms with Crippen LogP contribution in [-0.4, -0.2) is 48.2 Å². The van der Waals surface area contributed by atoms with E-state index in [-0.39, 0.29) is 6.10 Å². The van der Waals surface area contributed by atoms with Crippen LogP contribution in [0.3, 0.4) is 0 Å². The average molecular weight is 218 g/mol. The van der Waals surface area contributed by atoms with E-state index < -0.39 is 0 Å². The third-order valence-electron chi connectivity index (χ3n) is 2.21. The largest absolute Gasteiger partial charge is 0.377 e. The molecule has 0 aromatic heterocycles. The fourth-order valence-corrected chi connectivity index (χ4v) is 2.02. The zero-order chi connectivity index (χ0) is 10.4. The molecule has 6 heteroatoms. The lowest BCUT2D eigenvalue weighted by molar-refractivity contribution is -0.0136. The van der Waals surface area contributed by atoms with Crippen molar-refractivity contribution < 1.29 is 4.74 Å². The molecule has 4 N–H and O–H groups in total. The minimum atomic E-state index is 0.244. The van der Waals surface area contributed by atoms with Gasteiger partial charge in [0.05, 0.1) is 12.7 Å². The maximum absolute atomic E-state index is 5.59. The first-order chi connectivity index (χ1) is 6.76. The summed E-state index contributed by atoms with van der Waals surface area (Å²) in [4.78, 5) is 2.37. The fraction of sp³-hybridized carbons (Fsp3) is 0.875. The molecular weight excluding hydrogens is 200 g/mol. The topological polar surface area (TPSA) is 76.9 Å². The van der Waals surface area contributed by atoms with Crippen molar-refractivity contribution in [3.8, 4) is 0 Å². The number of ether oxygens (including phenoxy) is 1. The molecule has 14 heavy (non-hydrogen) atoms. The summed E-state index contributed by atoms with van der Waals surface area (Å²) in [6.45, 7) is 6.04. The Bertz CT molecular complexity index is 200. The van der Waals surface area contributed by atoms with Gasteiger partial charge in [0.25, 0.3) is 0 Å². The molecule has 1 heterocycles. The molecule has 0 bridgehead atoms. The fourth-order valence-electron chi connectivity index (χ4n) is 1.38. The molecular formula is C8H18N4OS. The van der Waals surface area contributed by atoms with E-state index in [0.717, 1.165) is 32.0 Å². The first kappa shape index (κ1) is 11.6. The highest BCUT2D eigenvalue weighted by Gasteiger charge is 2.19. The number of nitrogens with two attached hydrogens (primary N) is 2. The van der Waals surface area contributed by atoms with Crippen LogP contribution in [-0.2, 0) is 4.74 Å². The third-order valence-corrected chi connectivity index (χ3v) is 3.15. The number of likely N-dealkylation sites (N-methyl/N-ethyl adjacent to an activating group) is 1. The van der Waals surface area contributed by atoms with Crippen LogP contribution in [0, 0.1) is 0 Å². The second-order valence-corrected chi connectivity index (χ2v) is 4.20. The smallest absolute Gasteiger partial charge is 0.177 e. The molecule has 0 spiro atoms. The lowest BCUT2D eigenvalue weighted by Gasteiger charge is -2.31. The number of amidine groups is 1. The van der Waals surface area contributed by atoms with Gasteiger partial charge in [-0.2, -0.15) is 5.10 Å². The van der Waals surface area contributed by atoms with Gasteiger partial charge in [0.2, 0.25) is 0 Å². The molecule has 1 aliphatic rings. The van der Waals surface area contributed by atoms with Crippen LogP contribution in [0.2, 0.25) is 0 Å². The second-order valence-electron chi connectivity index (χ2n) is 3.16. The highest BCUT2D eigenvalue weighted by atomic mass is 32.2. The number of morpholine rings is 1. The van der Waals surface area contributed by atoms with Crippen molar-refractivity contribution in [2.24, 2.45) is 16.7 Å². The Hall–Kier alpha value is -0.460. The molecule has 1 rings (SSSR count). The second kappa shape index (κ2) is 6.10. The number of hydrogen-bond acceptors (Lipinski definition) is 5. The maximum atomic E-state index is 5.59. The molecule has 1 aliphatic heterocycles. The van der Waals surface area contributed by atoms with E-state index in [4.69, 9.17) is 16.3 Å². The van der Waals surface area contributed by atoms with E-state index in [2.05, 4.69) is 16.9 Å². The Morgan fingerprint density at radius 3 is 3.14 bits per heavy atom. The molecule has 0 aliphatic carbocycles. The molecule has 0 saturated carbocycles. The first-order valence-corrected chi connectivity index (χ1v) is 5.75. The minimum Gasteiger partial charge on any atom is -0.377 e. The summed E-state index contributed by atoms with van der Waals surface area (Å²) in [6, 6.07) is 0. The Morgan fingerprint density at radius 2 is 2.50 bits per heavy atom. The predicted octanol–water partition coefficient (Wildman–Crippen LogP) is -0.371. The summed E-state index contributed by atoms with van der Waals surface area (Å²) < 4.78 is 5.59. The Balaban J connectivity index is 2.24. The Labute approximate surface area is 88.8 Å². The van der Waals surface area contributed by atoms with Crippen LogP contribution in [0.25, 0.3) is 0 Å². The lowest BCUT2D eigenvalue weighted by atomic mass is 10.3. The van der Waals surface area contributed by atoms with Crippen molar-refractivity contribution >= 4 is 16.9 Å². The third kappa shape index (κ3) is 3.73. The molecule has 1 fully saturated rings. The quantitative estimate of drug-likeness (QED) is 0.292. The van der Waals surface area contributed by atoms with E-state index in [0.29, 0.717) is 5.17 Å². The number of rotatable bonds is 3. The van der Waals surface area contributed by atoms with Crippen LogP contribution < -0.4 is 11.6 Å². The van der Waals surface area contributed by atoms with Gasteiger partial charge in [-0.15, -0.1) is 0 Å². The molecule has 0 radical (unpaired) electrons. The van der Waals surface area contributed by atoms with E-state index in [1.807, 2.05) is 0 Å². The van der Waals surface area contributed by atoms with Crippen LogP contribution in [0.5, 0.6) is 0 Å². The van der Waals surface area contributed by atoms with Gasteiger partial charge in [0.15, 0.2) is 5.17 Å². The van der Waals surface area contributed by atoms with Crippen LogP contribution in [0.15, 0.2) is 5.10 Å². The number of hydrogen-bond donors (Lipinski definition) is 2. The van der Waals surface area contributed by atoms with Gasteiger partial charge in [-0.25, -0.2) is 0 Å². The summed E-state index contributed by atoms with van der Waals surface area (Å²) in [5.74, 6) is 5.85. The highest BCUT2D eigenvalue weighted by molar-refractivity contribution is 8.13. The molecule has 0 amide bonds. The molecule has 1 atom stereocenters. The lowest BCUT2D eigenvalue weighted by Crippen LogP contribution is -2.43. The molecule has 5 nitrogen and oxygen atoms in total. The van der Waals surface area contributed by atoms with Gasteiger partial charge >= 0.3 is 0 Å². The van der Waals surface area contributed by atoms with Crippen molar-refractivity contribution in [1.29, 1.82) is 0 Å². The summed E-state index contributed by atoms with van der Waals surface area (Å²) in [7, 11) is 0. The zero-order valence-electron chi connectivity index (χ0n) is 8.48. The van der Waals surface area contributed by atoms with Gasteiger partial charge in [0.1, 0.15) is 0 Å². The van der Waals surface area contributed by atoms with Crippen LogP contribution >= 0.6 is 11.8 Å². The summed E-state index contributed by atoms with van der Waals surface area (Å²) in [5, 5.41) is 3.82. The standard InChI is InChI=1S/C8H18N4OS/c1-2-12-3-4-13-7(5-12)6-14-8(9)11-10/h7H,2-6,10H2,1H3,(H2,9,11). The van der Waals surface area contributed by atoms with Crippen LogP contribution in [0.1, 0.15) is 6.92 Å². The van der Waals surface area contributed by atoms with Crippen molar-refractivity contribution in [2.75, 3.05) is 32.0 Å². The first-order valence-electron chi connectivity index (χ1n) is 4.76. The predicted molar refractivity (Wildman–Crippen MR) is 60.1 cm³/mol. The van der Waals surface area contributed by atoms with Crippen molar-refractivity contribution in [1.82, 2.24) is 4.90 Å². The zero-order valence-corrected chi connectivity index (χ0v) is 9.30. The van der Waals surface area contributed by atoms with Crippen molar-refractivity contribution in [3.63, 3.8) is 0 Å². The van der Waals surface area contributed by atoms with Crippen molar-refractivity contribution in [2.45, 2.75) is 13.0 Å². The average Bonchev–Trinajstić information content (AvgIpc) is 2.26. The normalized spacial score (nSPS) is 25.2. The Kier molecular flexibility index (Phi) is 5.06. The summed E-state index contributed by atoms with van der Waals surface area (Å²) in [5.41, 5.74) is 5.48. The number of nitrogens with zero attached hydrogens (tertiary/aromatic N) is 2. The van der Waals surface area contributed by atoms with Gasteiger partial charge < -0.3 is 16.3 Å². The molecule has 82 valence electrons. The highest BCUT2D eigenvalue weighted by Crippen LogP contribution is 2.11. The summed E-state index contributed by atoms with van der Waals surface area (Å²) >= 11 is 1.45. The van der Waals surface area contributed by atoms with E-state index in [1.165, 1.54) is 11.8 Å². The van der Waals surface area contributed by atoms with E-state index in [9.17, 15) is 0 Å². The van der Waals surface area contributed by atoms with Gasteiger partial charge in [-0.3, -0.25) is 4.90 Å². The summed E-state index contributed by atoms with van der Waals surface area (Å²) in [6.07, 6.45) is 0.244. The minimum absolute atomic E-state index is 0.244. The van der Waals surface area contributed by atoms with E-state index in [1.54, 1.807) is 0 Å². The van der Waals surface area contributed by atoms with Crippen molar-refractivity contribution in [3.05, 3.63) is 0 Å².